The fourth-order valence-electron chi connectivity index (χ4n) is 3.37. The topological polar surface area (TPSA) is 62.3 Å². The molecule has 29 heavy (non-hydrogen) atoms. The Labute approximate surface area is 182 Å². The van der Waals surface area contributed by atoms with Crippen molar-refractivity contribution in [3.8, 4) is 9.88 Å². The number of carbonyl (C=O) groups is 2. The Bertz CT molecular complexity index is 995. The molecule has 0 atom stereocenters. The van der Waals surface area contributed by atoms with Crippen LogP contribution < -0.4 is 5.32 Å². The van der Waals surface area contributed by atoms with Gasteiger partial charge in [-0.05, 0) is 42.5 Å². The minimum absolute atomic E-state index is 0.0325. The average molecular weight is 446 g/mol. The highest BCUT2D eigenvalue weighted by molar-refractivity contribution is 7.20. The summed E-state index contributed by atoms with van der Waals surface area (Å²) in [6, 6.07) is 11.0. The molecule has 3 heterocycles. The zero-order valence-electron chi connectivity index (χ0n) is 15.6. The molecule has 0 radical (unpaired) electrons. The number of halogens is 1. The summed E-state index contributed by atoms with van der Waals surface area (Å²) in [5.74, 6) is -0.0747. The van der Waals surface area contributed by atoms with E-state index in [1.807, 2.05) is 22.9 Å². The summed E-state index contributed by atoms with van der Waals surface area (Å²) < 4.78 is 0. The van der Waals surface area contributed by atoms with Crippen molar-refractivity contribution < 1.29 is 9.59 Å². The second-order valence-corrected chi connectivity index (χ2v) is 9.16. The van der Waals surface area contributed by atoms with Crippen molar-refractivity contribution in [1.29, 1.82) is 0 Å². The van der Waals surface area contributed by atoms with Gasteiger partial charge in [-0.25, -0.2) is 4.98 Å². The molecule has 4 rings (SSSR count). The van der Waals surface area contributed by atoms with Crippen molar-refractivity contribution in [1.82, 2.24) is 15.2 Å². The second-order valence-electron chi connectivity index (χ2n) is 6.92. The number of aromatic nitrogens is 1. The summed E-state index contributed by atoms with van der Waals surface area (Å²) in [7, 11) is 0. The minimum Gasteiger partial charge on any atom is -0.350 e. The quantitative estimate of drug-likeness (QED) is 0.619. The first-order chi connectivity index (χ1) is 14.1. The van der Waals surface area contributed by atoms with Crippen molar-refractivity contribution in [3.63, 3.8) is 0 Å². The molecule has 2 aromatic heterocycles. The fraction of sp³-hybridized carbons (Fsp3) is 0.286. The van der Waals surface area contributed by atoms with Gasteiger partial charge < -0.3 is 10.2 Å². The SMILES string of the molecule is O=C(NCc1csc(-c2cccs2)n1)C1CCN(C(=O)c2cccc(Cl)c2)CC1. The summed E-state index contributed by atoms with van der Waals surface area (Å²) in [5.41, 5.74) is 1.46. The molecule has 0 spiro atoms. The number of thiazole rings is 1. The van der Waals surface area contributed by atoms with Gasteiger partial charge in [0.05, 0.1) is 17.1 Å². The van der Waals surface area contributed by atoms with Crippen molar-refractivity contribution in [3.05, 3.63) is 63.4 Å². The van der Waals surface area contributed by atoms with Gasteiger partial charge >= 0.3 is 0 Å². The number of piperidine rings is 1. The number of nitrogens with zero attached hydrogens (tertiary/aromatic N) is 2. The van der Waals surface area contributed by atoms with Gasteiger partial charge in [-0.1, -0.05) is 23.7 Å². The van der Waals surface area contributed by atoms with E-state index in [1.165, 1.54) is 0 Å². The second kappa shape index (κ2) is 9.07. The smallest absolute Gasteiger partial charge is 0.253 e. The molecule has 1 saturated heterocycles. The van der Waals surface area contributed by atoms with Crippen LogP contribution in [0.5, 0.6) is 0 Å². The van der Waals surface area contributed by atoms with Gasteiger partial charge in [0.25, 0.3) is 5.91 Å². The molecular weight excluding hydrogens is 426 g/mol. The lowest BCUT2D eigenvalue weighted by molar-refractivity contribution is -0.126. The zero-order chi connectivity index (χ0) is 20.2. The maximum Gasteiger partial charge on any atom is 0.253 e. The van der Waals surface area contributed by atoms with Gasteiger partial charge in [-0.3, -0.25) is 9.59 Å². The van der Waals surface area contributed by atoms with E-state index in [9.17, 15) is 9.59 Å². The van der Waals surface area contributed by atoms with E-state index in [-0.39, 0.29) is 17.7 Å². The van der Waals surface area contributed by atoms with E-state index in [2.05, 4.69) is 10.3 Å². The Morgan fingerprint density at radius 3 is 2.72 bits per heavy atom. The number of benzene rings is 1. The van der Waals surface area contributed by atoms with Gasteiger partial charge in [0, 0.05) is 35.0 Å². The lowest BCUT2D eigenvalue weighted by atomic mass is 9.95. The van der Waals surface area contributed by atoms with Crippen LogP contribution in [0.25, 0.3) is 9.88 Å². The highest BCUT2D eigenvalue weighted by Crippen LogP contribution is 2.28. The molecule has 1 aliphatic rings. The van der Waals surface area contributed by atoms with E-state index in [1.54, 1.807) is 51.8 Å². The van der Waals surface area contributed by atoms with Crippen LogP contribution >= 0.6 is 34.3 Å². The standard InChI is InChI=1S/C21H20ClN3O2S2/c22-16-4-1-3-15(11-16)21(27)25-8-6-14(7-9-25)19(26)23-12-17-13-29-20(24-17)18-5-2-10-28-18/h1-5,10-11,13-14H,6-9,12H2,(H,23,26). The summed E-state index contributed by atoms with van der Waals surface area (Å²) in [4.78, 5) is 32.7. The minimum atomic E-state index is -0.0752. The number of likely N-dealkylation sites (tertiary alicyclic amines) is 1. The molecule has 1 aromatic carbocycles. The maximum absolute atomic E-state index is 12.6. The predicted molar refractivity (Wildman–Crippen MR) is 117 cm³/mol. The molecule has 0 bridgehead atoms. The van der Waals surface area contributed by atoms with Crippen LogP contribution in [0, 0.1) is 5.92 Å². The van der Waals surface area contributed by atoms with Crippen molar-refractivity contribution in [2.75, 3.05) is 13.1 Å². The third kappa shape index (κ3) is 4.86. The van der Waals surface area contributed by atoms with Crippen molar-refractivity contribution >= 4 is 46.1 Å². The highest BCUT2D eigenvalue weighted by Gasteiger charge is 2.27. The summed E-state index contributed by atoms with van der Waals surface area (Å²) in [5, 5.41) is 8.55. The molecule has 0 unspecified atom stereocenters. The molecule has 0 aliphatic carbocycles. The van der Waals surface area contributed by atoms with Crippen LogP contribution in [0.4, 0.5) is 0 Å². The van der Waals surface area contributed by atoms with Crippen LogP contribution in [-0.4, -0.2) is 34.8 Å². The van der Waals surface area contributed by atoms with E-state index in [0.29, 0.717) is 43.1 Å². The molecule has 0 saturated carbocycles. The number of hydrogen-bond donors (Lipinski definition) is 1. The van der Waals surface area contributed by atoms with Crippen LogP contribution in [-0.2, 0) is 11.3 Å². The first-order valence-electron chi connectivity index (χ1n) is 9.41. The van der Waals surface area contributed by atoms with Crippen molar-refractivity contribution in [2.45, 2.75) is 19.4 Å². The average Bonchev–Trinajstić information content (AvgIpc) is 3.43. The number of carbonyl (C=O) groups excluding carboxylic acids is 2. The Kier molecular flexibility index (Phi) is 6.28. The molecule has 150 valence electrons. The first kappa shape index (κ1) is 20.1. The third-order valence-electron chi connectivity index (χ3n) is 4.95. The molecule has 1 aliphatic heterocycles. The molecule has 5 nitrogen and oxygen atoms in total. The van der Waals surface area contributed by atoms with Gasteiger partial charge in [0.15, 0.2) is 0 Å². The number of hydrogen-bond acceptors (Lipinski definition) is 5. The van der Waals surface area contributed by atoms with E-state index < -0.39 is 0 Å². The molecule has 1 N–H and O–H groups in total. The number of thiophene rings is 1. The van der Waals surface area contributed by atoms with E-state index >= 15 is 0 Å². The predicted octanol–water partition coefficient (Wildman–Crippen LogP) is 4.69. The molecule has 1 fully saturated rings. The summed E-state index contributed by atoms with van der Waals surface area (Å²) in [6.07, 6.45) is 1.32. The van der Waals surface area contributed by atoms with E-state index in [4.69, 9.17) is 11.6 Å². The molecule has 2 amide bonds. The number of rotatable bonds is 5. The highest BCUT2D eigenvalue weighted by atomic mass is 35.5. The first-order valence-corrected chi connectivity index (χ1v) is 11.5. The van der Waals surface area contributed by atoms with Crippen molar-refractivity contribution in [2.24, 2.45) is 5.92 Å². The normalized spacial score (nSPS) is 14.7. The van der Waals surface area contributed by atoms with Crippen LogP contribution in [0.2, 0.25) is 5.02 Å². The van der Waals surface area contributed by atoms with Gasteiger partial charge in [-0.15, -0.1) is 22.7 Å². The van der Waals surface area contributed by atoms with Crippen LogP contribution in [0.1, 0.15) is 28.9 Å². The summed E-state index contributed by atoms with van der Waals surface area (Å²) >= 11 is 9.23. The van der Waals surface area contributed by atoms with Crippen LogP contribution in [0.15, 0.2) is 47.2 Å². The Morgan fingerprint density at radius 1 is 1.17 bits per heavy atom. The van der Waals surface area contributed by atoms with Gasteiger partial charge in [0.2, 0.25) is 5.91 Å². The lowest BCUT2D eigenvalue weighted by Gasteiger charge is -2.31. The Balaban J connectivity index is 1.26. The molecular formula is C21H20ClN3O2S2. The maximum atomic E-state index is 12.6. The largest absolute Gasteiger partial charge is 0.350 e. The van der Waals surface area contributed by atoms with Gasteiger partial charge in [-0.2, -0.15) is 0 Å². The fourth-order valence-corrected chi connectivity index (χ4v) is 5.20. The lowest BCUT2D eigenvalue weighted by Crippen LogP contribution is -2.42. The molecule has 3 aromatic rings. The van der Waals surface area contributed by atoms with Crippen LogP contribution in [0.3, 0.4) is 0 Å². The zero-order valence-corrected chi connectivity index (χ0v) is 18.0. The molecule has 8 heteroatoms. The third-order valence-corrected chi connectivity index (χ3v) is 7.12. The Morgan fingerprint density at radius 2 is 2.00 bits per heavy atom. The number of nitrogens with one attached hydrogen (secondary N) is 1. The van der Waals surface area contributed by atoms with E-state index in [0.717, 1.165) is 15.6 Å². The monoisotopic (exact) mass is 445 g/mol. The van der Waals surface area contributed by atoms with Gasteiger partial charge in [0.1, 0.15) is 5.01 Å². The summed E-state index contributed by atoms with van der Waals surface area (Å²) in [6.45, 7) is 1.58. The number of amides is 2. The Hall–Kier alpha value is -2.22.